The van der Waals surface area contributed by atoms with Crippen LogP contribution in [0.5, 0.6) is 11.5 Å². The second-order valence-electron chi connectivity index (χ2n) is 3.85. The second kappa shape index (κ2) is 5.55. The van der Waals surface area contributed by atoms with Gasteiger partial charge in [0.25, 0.3) is 0 Å². The van der Waals surface area contributed by atoms with E-state index >= 15 is 0 Å². The monoisotopic (exact) mass is 287 g/mol. The first-order valence-electron chi connectivity index (χ1n) is 5.18. The Bertz CT molecular complexity index is 366. The first kappa shape index (κ1) is 13.3. The molecule has 0 aliphatic carbocycles. The summed E-state index contributed by atoms with van der Waals surface area (Å²) in [5, 5.41) is 0. The van der Waals surface area contributed by atoms with Gasteiger partial charge in [0, 0.05) is 6.04 Å². The van der Waals surface area contributed by atoms with Gasteiger partial charge in [-0.15, -0.1) is 0 Å². The van der Waals surface area contributed by atoms with Crippen LogP contribution in [-0.4, -0.2) is 20.3 Å². The Morgan fingerprint density at radius 2 is 1.81 bits per heavy atom. The Morgan fingerprint density at radius 1 is 1.19 bits per heavy atom. The Hall–Kier alpha value is -0.740. The fourth-order valence-corrected chi connectivity index (χ4v) is 2.24. The molecule has 1 aromatic carbocycles. The SMILES string of the molecule is COc1ccc(C(C)C(C)N)c(OC)c1Br. The third kappa shape index (κ3) is 2.50. The fourth-order valence-electron chi connectivity index (χ4n) is 1.56. The molecule has 4 heteroatoms. The van der Waals surface area contributed by atoms with Crippen LogP contribution in [0.25, 0.3) is 0 Å². The van der Waals surface area contributed by atoms with Crippen molar-refractivity contribution in [2.75, 3.05) is 14.2 Å². The number of ether oxygens (including phenoxy) is 2. The molecular weight excluding hydrogens is 270 g/mol. The zero-order valence-electron chi connectivity index (χ0n) is 10.1. The molecule has 1 rings (SSSR count). The van der Waals surface area contributed by atoms with Gasteiger partial charge in [-0.1, -0.05) is 13.0 Å². The first-order valence-corrected chi connectivity index (χ1v) is 5.98. The maximum atomic E-state index is 5.91. The number of benzene rings is 1. The Labute approximate surface area is 105 Å². The molecule has 16 heavy (non-hydrogen) atoms. The molecule has 0 saturated heterocycles. The van der Waals surface area contributed by atoms with Crippen LogP contribution < -0.4 is 15.2 Å². The van der Waals surface area contributed by atoms with Crippen molar-refractivity contribution in [3.8, 4) is 11.5 Å². The van der Waals surface area contributed by atoms with Crippen molar-refractivity contribution in [1.29, 1.82) is 0 Å². The van der Waals surface area contributed by atoms with E-state index in [0.29, 0.717) is 0 Å². The van der Waals surface area contributed by atoms with Crippen molar-refractivity contribution in [2.45, 2.75) is 25.8 Å². The largest absolute Gasteiger partial charge is 0.495 e. The van der Waals surface area contributed by atoms with Crippen molar-refractivity contribution in [1.82, 2.24) is 0 Å². The van der Waals surface area contributed by atoms with E-state index < -0.39 is 0 Å². The van der Waals surface area contributed by atoms with Crippen LogP contribution in [0.2, 0.25) is 0 Å². The van der Waals surface area contributed by atoms with E-state index in [0.717, 1.165) is 21.5 Å². The summed E-state index contributed by atoms with van der Waals surface area (Å²) in [6.07, 6.45) is 0. The molecule has 2 unspecified atom stereocenters. The topological polar surface area (TPSA) is 44.5 Å². The molecule has 0 amide bonds. The van der Waals surface area contributed by atoms with Crippen molar-refractivity contribution < 1.29 is 9.47 Å². The van der Waals surface area contributed by atoms with E-state index in [-0.39, 0.29) is 12.0 Å². The van der Waals surface area contributed by atoms with Crippen LogP contribution in [0.1, 0.15) is 25.3 Å². The summed E-state index contributed by atoms with van der Waals surface area (Å²) in [7, 11) is 3.28. The van der Waals surface area contributed by atoms with Gasteiger partial charge in [-0.25, -0.2) is 0 Å². The summed E-state index contributed by atoms with van der Waals surface area (Å²) in [6.45, 7) is 4.07. The number of nitrogens with two attached hydrogens (primary N) is 1. The van der Waals surface area contributed by atoms with Crippen LogP contribution in [0.4, 0.5) is 0 Å². The second-order valence-corrected chi connectivity index (χ2v) is 4.65. The lowest BCUT2D eigenvalue weighted by atomic mass is 9.94. The van der Waals surface area contributed by atoms with Crippen LogP contribution in [-0.2, 0) is 0 Å². The lowest BCUT2D eigenvalue weighted by Gasteiger charge is -2.20. The van der Waals surface area contributed by atoms with Crippen LogP contribution >= 0.6 is 15.9 Å². The predicted molar refractivity (Wildman–Crippen MR) is 69.3 cm³/mol. The summed E-state index contributed by atoms with van der Waals surface area (Å²) in [5.74, 6) is 1.79. The van der Waals surface area contributed by atoms with Crippen molar-refractivity contribution in [2.24, 2.45) is 5.73 Å². The van der Waals surface area contributed by atoms with E-state index in [1.165, 1.54) is 0 Å². The first-order chi connectivity index (χ1) is 7.52. The molecule has 0 saturated carbocycles. The molecule has 0 aliphatic heterocycles. The molecule has 0 bridgehead atoms. The Morgan fingerprint density at radius 3 is 2.25 bits per heavy atom. The van der Waals surface area contributed by atoms with Crippen molar-refractivity contribution in [3.05, 3.63) is 22.2 Å². The highest BCUT2D eigenvalue weighted by Crippen LogP contribution is 2.40. The van der Waals surface area contributed by atoms with Gasteiger partial charge in [0.2, 0.25) is 0 Å². The third-order valence-electron chi connectivity index (χ3n) is 2.80. The number of methoxy groups -OCH3 is 2. The molecule has 0 fully saturated rings. The Kier molecular flexibility index (Phi) is 4.62. The number of hydrogen-bond acceptors (Lipinski definition) is 3. The van der Waals surface area contributed by atoms with Crippen LogP contribution in [0, 0.1) is 0 Å². The van der Waals surface area contributed by atoms with Crippen molar-refractivity contribution in [3.63, 3.8) is 0 Å². The van der Waals surface area contributed by atoms with Gasteiger partial charge in [-0.05, 0) is 40.4 Å². The fraction of sp³-hybridized carbons (Fsp3) is 0.500. The van der Waals surface area contributed by atoms with Gasteiger partial charge in [-0.2, -0.15) is 0 Å². The highest BCUT2D eigenvalue weighted by molar-refractivity contribution is 9.10. The highest BCUT2D eigenvalue weighted by Gasteiger charge is 2.19. The van der Waals surface area contributed by atoms with Gasteiger partial charge in [0.05, 0.1) is 14.2 Å². The smallest absolute Gasteiger partial charge is 0.140 e. The summed E-state index contributed by atoms with van der Waals surface area (Å²) in [5.41, 5.74) is 7.00. The molecule has 2 N–H and O–H groups in total. The van der Waals surface area contributed by atoms with E-state index in [9.17, 15) is 0 Å². The van der Waals surface area contributed by atoms with Crippen LogP contribution in [0.3, 0.4) is 0 Å². The normalized spacial score (nSPS) is 14.4. The van der Waals surface area contributed by atoms with Gasteiger partial charge in [0.1, 0.15) is 16.0 Å². The predicted octanol–water partition coefficient (Wildman–Crippen LogP) is 2.92. The maximum Gasteiger partial charge on any atom is 0.140 e. The molecule has 3 nitrogen and oxygen atoms in total. The zero-order valence-corrected chi connectivity index (χ0v) is 11.7. The lowest BCUT2D eigenvalue weighted by Crippen LogP contribution is -2.22. The van der Waals surface area contributed by atoms with E-state index in [4.69, 9.17) is 15.2 Å². The molecule has 0 radical (unpaired) electrons. The number of rotatable bonds is 4. The summed E-state index contributed by atoms with van der Waals surface area (Å²) in [4.78, 5) is 0. The lowest BCUT2D eigenvalue weighted by molar-refractivity contribution is 0.382. The summed E-state index contributed by atoms with van der Waals surface area (Å²) < 4.78 is 11.5. The minimum atomic E-state index is 0.0780. The van der Waals surface area contributed by atoms with Crippen molar-refractivity contribution >= 4 is 15.9 Å². The average molecular weight is 288 g/mol. The third-order valence-corrected chi connectivity index (χ3v) is 3.55. The minimum Gasteiger partial charge on any atom is -0.495 e. The number of hydrogen-bond donors (Lipinski definition) is 1. The van der Waals surface area contributed by atoms with E-state index in [2.05, 4.69) is 22.9 Å². The molecule has 2 atom stereocenters. The highest BCUT2D eigenvalue weighted by atomic mass is 79.9. The van der Waals surface area contributed by atoms with Gasteiger partial charge >= 0.3 is 0 Å². The molecule has 1 aromatic rings. The molecule has 0 heterocycles. The van der Waals surface area contributed by atoms with Gasteiger partial charge in [-0.3, -0.25) is 0 Å². The molecule has 90 valence electrons. The van der Waals surface area contributed by atoms with E-state index in [1.807, 2.05) is 19.1 Å². The molecule has 0 aliphatic rings. The van der Waals surface area contributed by atoms with E-state index in [1.54, 1.807) is 14.2 Å². The summed E-state index contributed by atoms with van der Waals surface area (Å²) >= 11 is 3.48. The molecule has 0 aromatic heterocycles. The quantitative estimate of drug-likeness (QED) is 0.926. The average Bonchev–Trinajstić information content (AvgIpc) is 2.27. The van der Waals surface area contributed by atoms with Gasteiger partial charge in [0.15, 0.2) is 0 Å². The number of halogens is 1. The Balaban J connectivity index is 3.25. The summed E-state index contributed by atoms with van der Waals surface area (Å²) in [6, 6.07) is 3.99. The minimum absolute atomic E-state index is 0.0780. The van der Waals surface area contributed by atoms with Crippen LogP contribution in [0.15, 0.2) is 16.6 Å². The maximum absolute atomic E-state index is 5.91. The van der Waals surface area contributed by atoms with Gasteiger partial charge < -0.3 is 15.2 Å². The molecular formula is C12H18BrNO2. The standard InChI is InChI=1S/C12H18BrNO2/c1-7(8(2)14)9-5-6-10(15-3)11(13)12(9)16-4/h5-8H,14H2,1-4H3. The molecule has 0 spiro atoms. The zero-order chi connectivity index (χ0) is 12.3.